The molecule has 1 aromatic rings. The van der Waals surface area contributed by atoms with Crippen LogP contribution < -0.4 is 0 Å². The Morgan fingerprint density at radius 3 is 3.11 bits per heavy atom. The average Bonchev–Trinajstić information content (AvgIpc) is 2.34. The van der Waals surface area contributed by atoms with Crippen molar-refractivity contribution in [1.29, 1.82) is 5.26 Å². The fourth-order valence-corrected chi connectivity index (χ4v) is 1.13. The molecule has 0 aliphatic carbocycles. The van der Waals surface area contributed by atoms with Gasteiger partial charge in [-0.15, -0.1) is 0 Å². The van der Waals surface area contributed by atoms with Crippen LogP contribution in [0.4, 0.5) is 0 Å². The second-order valence-electron chi connectivity index (χ2n) is 1.52. The Hall–Kier alpha value is -1.07. The van der Waals surface area contributed by atoms with E-state index in [-0.39, 0.29) is 0 Å². The van der Waals surface area contributed by atoms with Crippen LogP contribution in [0.2, 0.25) is 0 Å². The molecule has 9 heavy (non-hydrogen) atoms. The molecule has 44 valence electrons. The largest absolute Gasteiger partial charge is 0.193 e. The normalized spacial score (nSPS) is 9.67. The van der Waals surface area contributed by atoms with Crippen LogP contribution in [0, 0.1) is 11.3 Å². The van der Waals surface area contributed by atoms with Crippen LogP contribution in [0.25, 0.3) is 6.08 Å². The van der Waals surface area contributed by atoms with Crippen LogP contribution in [0.3, 0.4) is 0 Å². The van der Waals surface area contributed by atoms with E-state index in [4.69, 9.17) is 5.26 Å². The Labute approximate surface area is 57.9 Å². The van der Waals surface area contributed by atoms with E-state index in [1.807, 2.05) is 22.9 Å². The molecular formula is C7H5NS. The van der Waals surface area contributed by atoms with Crippen LogP contribution in [0.15, 0.2) is 22.9 Å². The third kappa shape index (κ3) is 1.71. The smallest absolute Gasteiger partial charge is 0.0912 e. The van der Waals surface area contributed by atoms with E-state index in [2.05, 4.69) is 0 Å². The first-order valence-electron chi connectivity index (χ1n) is 2.52. The Balaban J connectivity index is 2.71. The van der Waals surface area contributed by atoms with Crippen molar-refractivity contribution in [3.8, 4) is 6.07 Å². The summed E-state index contributed by atoms with van der Waals surface area (Å²) in [5.74, 6) is 0. The quantitative estimate of drug-likeness (QED) is 0.542. The van der Waals surface area contributed by atoms with Crippen molar-refractivity contribution in [3.05, 3.63) is 28.5 Å². The lowest BCUT2D eigenvalue weighted by Gasteiger charge is -1.74. The van der Waals surface area contributed by atoms with Crippen LogP contribution in [0.1, 0.15) is 5.56 Å². The molecule has 0 aliphatic rings. The van der Waals surface area contributed by atoms with Crippen LogP contribution in [0.5, 0.6) is 0 Å². The SMILES string of the molecule is N#C/C=C/c1ccsc1. The summed E-state index contributed by atoms with van der Waals surface area (Å²) in [7, 11) is 0. The second kappa shape index (κ2) is 3.06. The van der Waals surface area contributed by atoms with Gasteiger partial charge < -0.3 is 0 Å². The lowest BCUT2D eigenvalue weighted by atomic mass is 10.3. The molecule has 0 spiro atoms. The number of rotatable bonds is 1. The van der Waals surface area contributed by atoms with Gasteiger partial charge in [-0.3, -0.25) is 0 Å². The maximum absolute atomic E-state index is 8.13. The van der Waals surface area contributed by atoms with Gasteiger partial charge in [0.25, 0.3) is 0 Å². The molecule has 0 atom stereocenters. The summed E-state index contributed by atoms with van der Waals surface area (Å²) in [6, 6.07) is 3.90. The summed E-state index contributed by atoms with van der Waals surface area (Å²) in [5, 5.41) is 12.1. The molecule has 0 aliphatic heterocycles. The van der Waals surface area contributed by atoms with Gasteiger partial charge in [-0.2, -0.15) is 16.6 Å². The third-order valence-corrected chi connectivity index (χ3v) is 1.59. The number of nitrogens with zero attached hydrogens (tertiary/aromatic N) is 1. The number of nitriles is 1. The van der Waals surface area contributed by atoms with Gasteiger partial charge in [-0.1, -0.05) is 0 Å². The summed E-state index contributed by atoms with van der Waals surface area (Å²) in [5.41, 5.74) is 1.10. The molecule has 0 saturated carbocycles. The Morgan fingerprint density at radius 1 is 1.67 bits per heavy atom. The van der Waals surface area contributed by atoms with Crippen molar-refractivity contribution in [2.45, 2.75) is 0 Å². The summed E-state index contributed by atoms with van der Waals surface area (Å²) < 4.78 is 0. The van der Waals surface area contributed by atoms with Crippen molar-refractivity contribution in [1.82, 2.24) is 0 Å². The molecule has 0 unspecified atom stereocenters. The number of hydrogen-bond acceptors (Lipinski definition) is 2. The van der Waals surface area contributed by atoms with Crippen molar-refractivity contribution < 1.29 is 0 Å². The van der Waals surface area contributed by atoms with Gasteiger partial charge in [-0.05, 0) is 28.5 Å². The van der Waals surface area contributed by atoms with Crippen molar-refractivity contribution in [2.75, 3.05) is 0 Å². The van der Waals surface area contributed by atoms with Crippen molar-refractivity contribution in [3.63, 3.8) is 0 Å². The molecule has 0 aromatic carbocycles. The predicted molar refractivity (Wildman–Crippen MR) is 39.0 cm³/mol. The van der Waals surface area contributed by atoms with Gasteiger partial charge in [0.15, 0.2) is 0 Å². The maximum atomic E-state index is 8.13. The minimum atomic E-state index is 1.10. The van der Waals surface area contributed by atoms with Gasteiger partial charge in [0.2, 0.25) is 0 Å². The zero-order valence-electron chi connectivity index (χ0n) is 4.74. The number of thiophene rings is 1. The predicted octanol–water partition coefficient (Wildman–Crippen LogP) is 2.28. The van der Waals surface area contributed by atoms with Gasteiger partial charge in [0.1, 0.15) is 0 Å². The van der Waals surface area contributed by atoms with E-state index in [1.54, 1.807) is 17.4 Å². The minimum Gasteiger partial charge on any atom is -0.193 e. The van der Waals surface area contributed by atoms with E-state index in [9.17, 15) is 0 Å². The highest BCUT2D eigenvalue weighted by Gasteiger charge is 1.81. The highest BCUT2D eigenvalue weighted by atomic mass is 32.1. The first-order chi connectivity index (χ1) is 4.43. The average molecular weight is 135 g/mol. The molecule has 0 bridgehead atoms. The Kier molecular flexibility index (Phi) is 2.06. The van der Waals surface area contributed by atoms with Crippen molar-refractivity contribution >= 4 is 17.4 Å². The third-order valence-electron chi connectivity index (χ3n) is 0.894. The van der Waals surface area contributed by atoms with Crippen LogP contribution >= 0.6 is 11.3 Å². The van der Waals surface area contributed by atoms with E-state index in [1.165, 1.54) is 6.08 Å². The molecule has 1 aromatic heterocycles. The molecule has 1 heterocycles. The lowest BCUT2D eigenvalue weighted by molar-refractivity contribution is 1.54. The molecule has 1 nitrogen and oxygen atoms in total. The van der Waals surface area contributed by atoms with Crippen LogP contribution in [-0.4, -0.2) is 0 Å². The minimum absolute atomic E-state index is 1.10. The molecule has 0 fully saturated rings. The first kappa shape index (κ1) is 6.06. The second-order valence-corrected chi connectivity index (χ2v) is 2.30. The van der Waals surface area contributed by atoms with E-state index >= 15 is 0 Å². The summed E-state index contributed by atoms with van der Waals surface area (Å²) in [4.78, 5) is 0. The van der Waals surface area contributed by atoms with Gasteiger partial charge >= 0.3 is 0 Å². The highest BCUT2D eigenvalue weighted by Crippen LogP contribution is 2.06. The van der Waals surface area contributed by atoms with E-state index < -0.39 is 0 Å². The number of hydrogen-bond donors (Lipinski definition) is 0. The van der Waals surface area contributed by atoms with Gasteiger partial charge in [-0.25, -0.2) is 0 Å². The van der Waals surface area contributed by atoms with Gasteiger partial charge in [0.05, 0.1) is 6.07 Å². The lowest BCUT2D eigenvalue weighted by Crippen LogP contribution is -1.55. The monoisotopic (exact) mass is 135 g/mol. The Bertz CT molecular complexity index is 228. The number of allylic oxidation sites excluding steroid dienone is 1. The molecule has 2 heteroatoms. The summed E-state index contributed by atoms with van der Waals surface area (Å²) >= 11 is 1.63. The first-order valence-corrected chi connectivity index (χ1v) is 3.46. The molecule has 0 radical (unpaired) electrons. The standard InChI is InChI=1S/C7H5NS/c8-4-1-2-7-3-5-9-6-7/h1-3,5-6H/b2-1+. The Morgan fingerprint density at radius 2 is 2.56 bits per heavy atom. The fourth-order valence-electron chi connectivity index (χ4n) is 0.503. The van der Waals surface area contributed by atoms with E-state index in [0.717, 1.165) is 5.56 Å². The molecule has 1 rings (SSSR count). The maximum Gasteiger partial charge on any atom is 0.0912 e. The molecule has 0 amide bonds. The summed E-state index contributed by atoms with van der Waals surface area (Å²) in [6.07, 6.45) is 3.26. The molecule has 0 saturated heterocycles. The van der Waals surface area contributed by atoms with Crippen molar-refractivity contribution in [2.24, 2.45) is 0 Å². The molecular weight excluding hydrogens is 130 g/mol. The fraction of sp³-hybridized carbons (Fsp3) is 0. The topological polar surface area (TPSA) is 23.8 Å². The van der Waals surface area contributed by atoms with Gasteiger partial charge in [0, 0.05) is 6.08 Å². The van der Waals surface area contributed by atoms with Crippen LogP contribution in [-0.2, 0) is 0 Å². The van der Waals surface area contributed by atoms with E-state index in [0.29, 0.717) is 0 Å². The zero-order chi connectivity index (χ0) is 6.53. The summed E-state index contributed by atoms with van der Waals surface area (Å²) in [6.45, 7) is 0. The highest BCUT2D eigenvalue weighted by molar-refractivity contribution is 7.08. The molecule has 0 N–H and O–H groups in total. The zero-order valence-corrected chi connectivity index (χ0v) is 5.56.